The fraction of sp³-hybridized carbons (Fsp3) is 0.586. The maximum atomic E-state index is 14.5. The van der Waals surface area contributed by atoms with Crippen molar-refractivity contribution in [3.05, 3.63) is 29.8 Å². The van der Waals surface area contributed by atoms with Gasteiger partial charge < -0.3 is 36.6 Å². The number of anilines is 1. The van der Waals surface area contributed by atoms with Crippen LogP contribution in [0.15, 0.2) is 24.3 Å². The van der Waals surface area contributed by atoms with Crippen LogP contribution in [0.25, 0.3) is 0 Å². The molecular formula is C29H44N6O7. The Hall–Kier alpha value is -4.16. The Bertz CT molecular complexity index is 1190. The molecule has 0 radical (unpaired) electrons. The Morgan fingerprint density at radius 1 is 1.07 bits per heavy atom. The number of hydrogen-bond donors (Lipinski definition) is 4. The molecule has 1 saturated heterocycles. The van der Waals surface area contributed by atoms with E-state index in [9.17, 15) is 28.8 Å². The lowest BCUT2D eigenvalue weighted by atomic mass is 9.84. The summed E-state index contributed by atoms with van der Waals surface area (Å²) >= 11 is 0. The molecule has 1 aliphatic rings. The van der Waals surface area contributed by atoms with Crippen LogP contribution in [0.4, 0.5) is 5.69 Å². The molecule has 5 amide bonds. The van der Waals surface area contributed by atoms with Crippen molar-refractivity contribution in [1.82, 2.24) is 15.5 Å². The van der Waals surface area contributed by atoms with Crippen molar-refractivity contribution in [2.24, 2.45) is 23.3 Å². The first-order chi connectivity index (χ1) is 19.7. The minimum atomic E-state index is -1.95. The number of amides is 5. The summed E-state index contributed by atoms with van der Waals surface area (Å²) in [5.74, 6) is -4.30. The van der Waals surface area contributed by atoms with E-state index in [0.717, 1.165) is 0 Å². The highest BCUT2D eigenvalue weighted by atomic mass is 16.5. The van der Waals surface area contributed by atoms with Crippen molar-refractivity contribution in [2.45, 2.75) is 71.0 Å². The number of carbonyl (C=O) groups is 6. The summed E-state index contributed by atoms with van der Waals surface area (Å²) < 4.78 is 4.92. The SMILES string of the molecule is COC(=O)c1ccccc1N(C)[C@](CC(C)C)(C(N)=O)C(=O)N1CCC[C@H]1C(=O)N[C@@H](CC(C)C)C(=O)NCC(N)=O. The molecule has 2 rings (SSSR count). The van der Waals surface area contributed by atoms with E-state index in [1.54, 1.807) is 18.2 Å². The summed E-state index contributed by atoms with van der Waals surface area (Å²) in [6.07, 6.45) is 1.06. The molecule has 1 fully saturated rings. The average Bonchev–Trinajstić information content (AvgIpc) is 3.42. The summed E-state index contributed by atoms with van der Waals surface area (Å²) in [6.45, 7) is 7.22. The maximum absolute atomic E-state index is 14.5. The van der Waals surface area contributed by atoms with Gasteiger partial charge in [0.25, 0.3) is 11.8 Å². The van der Waals surface area contributed by atoms with Crippen LogP contribution in [0, 0.1) is 11.8 Å². The third-order valence-electron chi connectivity index (χ3n) is 7.30. The Balaban J connectivity index is 2.50. The van der Waals surface area contributed by atoms with E-state index in [1.807, 2.05) is 27.7 Å². The second kappa shape index (κ2) is 14.6. The number of primary amides is 2. The number of ether oxygens (including phenoxy) is 1. The van der Waals surface area contributed by atoms with Gasteiger partial charge in [0.1, 0.15) is 12.1 Å². The van der Waals surface area contributed by atoms with E-state index < -0.39 is 53.1 Å². The van der Waals surface area contributed by atoms with Crippen LogP contribution in [0.3, 0.4) is 0 Å². The number of esters is 1. The number of likely N-dealkylation sites (tertiary alicyclic amines) is 1. The maximum Gasteiger partial charge on any atom is 0.339 e. The number of para-hydroxylation sites is 1. The minimum absolute atomic E-state index is 0.00348. The fourth-order valence-electron chi connectivity index (χ4n) is 5.37. The van der Waals surface area contributed by atoms with Gasteiger partial charge in [0.15, 0.2) is 5.54 Å². The lowest BCUT2D eigenvalue weighted by Gasteiger charge is -2.44. The summed E-state index contributed by atoms with van der Waals surface area (Å²) in [5.41, 5.74) is 9.60. The van der Waals surface area contributed by atoms with Gasteiger partial charge in [-0.3, -0.25) is 24.0 Å². The summed E-state index contributed by atoms with van der Waals surface area (Å²) in [4.78, 5) is 80.6. The smallest absolute Gasteiger partial charge is 0.339 e. The van der Waals surface area contributed by atoms with E-state index in [1.165, 1.54) is 30.0 Å². The highest BCUT2D eigenvalue weighted by molar-refractivity contribution is 6.14. The average molecular weight is 589 g/mol. The molecule has 0 spiro atoms. The second-order valence-electron chi connectivity index (χ2n) is 11.4. The zero-order valence-corrected chi connectivity index (χ0v) is 25.3. The number of methoxy groups -OCH3 is 1. The van der Waals surface area contributed by atoms with E-state index in [2.05, 4.69) is 10.6 Å². The monoisotopic (exact) mass is 588 g/mol. The van der Waals surface area contributed by atoms with Crippen LogP contribution in [-0.4, -0.2) is 85.3 Å². The van der Waals surface area contributed by atoms with Gasteiger partial charge in [-0.2, -0.15) is 0 Å². The molecule has 0 saturated carbocycles. The minimum Gasteiger partial charge on any atom is -0.465 e. The molecular weight excluding hydrogens is 544 g/mol. The van der Waals surface area contributed by atoms with Crippen molar-refractivity contribution in [1.29, 1.82) is 0 Å². The predicted molar refractivity (Wildman–Crippen MR) is 156 cm³/mol. The Labute approximate surface area is 246 Å². The molecule has 6 N–H and O–H groups in total. The number of carbonyl (C=O) groups excluding carboxylic acids is 6. The van der Waals surface area contributed by atoms with Gasteiger partial charge in [0.05, 0.1) is 24.9 Å². The molecule has 0 unspecified atom stereocenters. The third-order valence-corrected chi connectivity index (χ3v) is 7.30. The van der Waals surface area contributed by atoms with Gasteiger partial charge >= 0.3 is 5.97 Å². The van der Waals surface area contributed by atoms with Crippen LogP contribution in [-0.2, 0) is 28.7 Å². The number of nitrogens with one attached hydrogen (secondary N) is 2. The largest absolute Gasteiger partial charge is 0.465 e. The molecule has 1 heterocycles. The first-order valence-electron chi connectivity index (χ1n) is 14.1. The van der Waals surface area contributed by atoms with Crippen LogP contribution < -0.4 is 27.0 Å². The fourth-order valence-corrected chi connectivity index (χ4v) is 5.37. The van der Waals surface area contributed by atoms with E-state index >= 15 is 0 Å². The number of nitrogens with two attached hydrogens (primary N) is 2. The highest BCUT2D eigenvalue weighted by Crippen LogP contribution is 2.35. The molecule has 1 aliphatic heterocycles. The Kier molecular flexibility index (Phi) is 11.9. The van der Waals surface area contributed by atoms with Crippen molar-refractivity contribution in [3.8, 4) is 0 Å². The number of benzene rings is 1. The standard InChI is InChI=1S/C29H44N6O7/c1-17(2)14-20(24(37)32-16-23(30)36)33-25(38)22-12-9-13-35(22)28(41)29(27(31)40,15-18(3)4)34(5)21-11-8-7-10-19(21)26(39)42-6/h7-8,10-11,17-18,20,22H,9,12-16H2,1-6H3,(H2,30,36)(H2,31,40)(H,32,37)(H,33,38)/t20-,22-,29+/m0/s1. The molecule has 0 aromatic heterocycles. The topological polar surface area (TPSA) is 194 Å². The molecule has 13 nitrogen and oxygen atoms in total. The van der Waals surface area contributed by atoms with Gasteiger partial charge in [-0.25, -0.2) is 4.79 Å². The molecule has 42 heavy (non-hydrogen) atoms. The summed E-state index contributed by atoms with van der Waals surface area (Å²) in [5, 5.41) is 5.14. The number of likely N-dealkylation sites (N-methyl/N-ethyl adjacent to an activating group) is 1. The summed E-state index contributed by atoms with van der Waals surface area (Å²) in [6, 6.07) is 4.45. The molecule has 0 bridgehead atoms. The van der Waals surface area contributed by atoms with Gasteiger partial charge in [0.2, 0.25) is 17.7 Å². The Morgan fingerprint density at radius 3 is 2.26 bits per heavy atom. The van der Waals surface area contributed by atoms with Gasteiger partial charge in [0, 0.05) is 13.6 Å². The lowest BCUT2D eigenvalue weighted by Crippen LogP contribution is -2.68. The number of rotatable bonds is 14. The van der Waals surface area contributed by atoms with E-state index in [4.69, 9.17) is 16.2 Å². The third kappa shape index (κ3) is 7.77. The predicted octanol–water partition coefficient (Wildman–Crippen LogP) is 0.303. The van der Waals surface area contributed by atoms with Gasteiger partial charge in [-0.1, -0.05) is 39.8 Å². The normalized spacial score (nSPS) is 16.9. The molecule has 232 valence electrons. The number of hydrogen-bond acceptors (Lipinski definition) is 8. The number of nitrogens with zero attached hydrogens (tertiary/aromatic N) is 2. The van der Waals surface area contributed by atoms with Gasteiger partial charge in [-0.15, -0.1) is 0 Å². The first-order valence-corrected chi connectivity index (χ1v) is 14.1. The zero-order chi connectivity index (χ0) is 31.8. The van der Waals surface area contributed by atoms with Crippen molar-refractivity contribution < 1.29 is 33.5 Å². The van der Waals surface area contributed by atoms with Crippen molar-refractivity contribution >= 4 is 41.2 Å². The molecule has 13 heteroatoms. The van der Waals surface area contributed by atoms with E-state index in [0.29, 0.717) is 12.8 Å². The van der Waals surface area contributed by atoms with Crippen LogP contribution >= 0.6 is 0 Å². The van der Waals surface area contributed by atoms with Crippen LogP contribution in [0.5, 0.6) is 0 Å². The summed E-state index contributed by atoms with van der Waals surface area (Å²) in [7, 11) is 2.74. The van der Waals surface area contributed by atoms with Gasteiger partial charge in [-0.05, 0) is 49.7 Å². The van der Waals surface area contributed by atoms with Crippen LogP contribution in [0.1, 0.15) is 63.7 Å². The zero-order valence-electron chi connectivity index (χ0n) is 25.3. The lowest BCUT2D eigenvalue weighted by molar-refractivity contribution is -0.148. The molecule has 0 aliphatic carbocycles. The van der Waals surface area contributed by atoms with E-state index in [-0.39, 0.29) is 49.0 Å². The second-order valence-corrected chi connectivity index (χ2v) is 11.4. The highest BCUT2D eigenvalue weighted by Gasteiger charge is 2.54. The molecule has 1 aromatic rings. The molecule has 3 atom stereocenters. The van der Waals surface area contributed by atoms with Crippen molar-refractivity contribution in [2.75, 3.05) is 32.1 Å². The Morgan fingerprint density at radius 2 is 1.71 bits per heavy atom. The van der Waals surface area contributed by atoms with Crippen LogP contribution in [0.2, 0.25) is 0 Å². The quantitative estimate of drug-likeness (QED) is 0.176. The molecule has 1 aromatic carbocycles. The van der Waals surface area contributed by atoms with Crippen molar-refractivity contribution in [3.63, 3.8) is 0 Å². The first kappa shape index (κ1) is 34.0.